The number of carbonyl (C=O) groups excluding carboxylic acids is 1. The predicted octanol–water partition coefficient (Wildman–Crippen LogP) is 4.53. The molecule has 2 heterocycles. The van der Waals surface area contributed by atoms with Crippen molar-refractivity contribution in [2.75, 3.05) is 0 Å². The average molecular weight is 413 g/mol. The van der Waals surface area contributed by atoms with Crippen LogP contribution in [0.25, 0.3) is 10.9 Å². The number of amides is 1. The van der Waals surface area contributed by atoms with E-state index in [1.54, 1.807) is 6.20 Å². The van der Waals surface area contributed by atoms with E-state index in [1.165, 1.54) is 0 Å². The van der Waals surface area contributed by atoms with Crippen LogP contribution in [0.2, 0.25) is 0 Å². The third-order valence-corrected chi connectivity index (χ3v) is 5.77. The molecule has 0 saturated heterocycles. The van der Waals surface area contributed by atoms with Gasteiger partial charge in [-0.2, -0.15) is 0 Å². The fraction of sp³-hybridized carbons (Fsp3) is 0.231. The van der Waals surface area contributed by atoms with E-state index >= 15 is 0 Å². The Morgan fingerprint density at radius 2 is 1.84 bits per heavy atom. The zero-order valence-corrected chi connectivity index (χ0v) is 17.9. The van der Waals surface area contributed by atoms with Gasteiger partial charge in [0, 0.05) is 42.5 Å². The van der Waals surface area contributed by atoms with E-state index in [2.05, 4.69) is 32.7 Å². The van der Waals surface area contributed by atoms with Gasteiger partial charge >= 0.3 is 0 Å². The number of rotatable bonds is 8. The van der Waals surface area contributed by atoms with Gasteiger partial charge in [-0.05, 0) is 42.7 Å². The Balaban J connectivity index is 1.58. The van der Waals surface area contributed by atoms with Gasteiger partial charge in [0.25, 0.3) is 0 Å². The molecule has 0 radical (unpaired) electrons. The van der Waals surface area contributed by atoms with Crippen LogP contribution in [0.4, 0.5) is 0 Å². The normalized spacial score (nSPS) is 14.1. The summed E-state index contributed by atoms with van der Waals surface area (Å²) in [5.41, 5.74) is 3.50. The first kappa shape index (κ1) is 20.8. The number of fused-ring (bicyclic) bond motifs is 1. The third kappa shape index (κ3) is 4.84. The van der Waals surface area contributed by atoms with Crippen LogP contribution in [0.5, 0.6) is 0 Å². The van der Waals surface area contributed by atoms with Gasteiger partial charge < -0.3 is 10.3 Å². The van der Waals surface area contributed by atoms with Crippen LogP contribution < -0.4 is 10.6 Å². The van der Waals surface area contributed by atoms with E-state index in [4.69, 9.17) is 0 Å². The minimum Gasteiger partial charge on any atom is -0.361 e. The molecule has 4 aromatic rings. The van der Waals surface area contributed by atoms with Crippen molar-refractivity contribution in [3.8, 4) is 0 Å². The SMILES string of the molecule is CC(NC(=O)C(C)(Cc1c[nH]c2ccccc12)NCc1cccnc1)c1ccccc1. The van der Waals surface area contributed by atoms with Crippen LogP contribution in [-0.4, -0.2) is 21.4 Å². The number of pyridine rings is 1. The van der Waals surface area contributed by atoms with Gasteiger partial charge in [0.15, 0.2) is 0 Å². The van der Waals surface area contributed by atoms with Crippen LogP contribution in [0.15, 0.2) is 85.3 Å². The summed E-state index contributed by atoms with van der Waals surface area (Å²) < 4.78 is 0. The molecule has 0 aliphatic rings. The highest BCUT2D eigenvalue weighted by Gasteiger charge is 2.34. The van der Waals surface area contributed by atoms with Crippen LogP contribution in [-0.2, 0) is 17.8 Å². The maximum Gasteiger partial charge on any atom is 0.240 e. The minimum absolute atomic E-state index is 0.0296. The highest BCUT2D eigenvalue weighted by molar-refractivity contribution is 5.89. The summed E-state index contributed by atoms with van der Waals surface area (Å²) in [5.74, 6) is -0.0296. The van der Waals surface area contributed by atoms with Gasteiger partial charge in [0.05, 0.1) is 11.6 Å². The molecule has 0 bridgehead atoms. The first-order valence-electron chi connectivity index (χ1n) is 10.6. The molecule has 31 heavy (non-hydrogen) atoms. The minimum atomic E-state index is -0.802. The lowest BCUT2D eigenvalue weighted by Crippen LogP contribution is -2.56. The molecule has 2 atom stereocenters. The molecule has 0 aliphatic heterocycles. The highest BCUT2D eigenvalue weighted by atomic mass is 16.2. The Morgan fingerprint density at radius 1 is 1.06 bits per heavy atom. The topological polar surface area (TPSA) is 69.8 Å². The molecule has 0 fully saturated rings. The van der Waals surface area contributed by atoms with Gasteiger partial charge in [0.1, 0.15) is 0 Å². The number of para-hydroxylation sites is 1. The molecule has 5 nitrogen and oxygen atoms in total. The quantitative estimate of drug-likeness (QED) is 0.398. The summed E-state index contributed by atoms with van der Waals surface area (Å²) in [7, 11) is 0. The molecule has 5 heteroatoms. The maximum atomic E-state index is 13.5. The summed E-state index contributed by atoms with van der Waals surface area (Å²) in [6.45, 7) is 4.54. The molecule has 0 saturated carbocycles. The van der Waals surface area contributed by atoms with Crippen molar-refractivity contribution in [3.05, 3.63) is 102 Å². The number of hydrogen-bond donors (Lipinski definition) is 3. The Bertz CT molecular complexity index is 1140. The van der Waals surface area contributed by atoms with Crippen LogP contribution >= 0.6 is 0 Å². The number of H-pyrrole nitrogens is 1. The monoisotopic (exact) mass is 412 g/mol. The molecule has 2 unspecified atom stereocenters. The molecule has 3 N–H and O–H groups in total. The van der Waals surface area contributed by atoms with Gasteiger partial charge in [-0.1, -0.05) is 54.6 Å². The van der Waals surface area contributed by atoms with Gasteiger partial charge in [-0.25, -0.2) is 0 Å². The summed E-state index contributed by atoms with van der Waals surface area (Å²) in [4.78, 5) is 21.0. The second-order valence-corrected chi connectivity index (χ2v) is 8.19. The standard InChI is InChI=1S/C26H28N4O/c1-19(21-10-4-3-5-11-21)30-25(31)26(2,29-17-20-9-8-14-27-16-20)15-22-18-28-24-13-7-6-12-23(22)24/h3-14,16,18-19,28-29H,15,17H2,1-2H3,(H,30,31). The molecule has 158 valence electrons. The number of carbonyl (C=O) groups is 1. The van der Waals surface area contributed by atoms with Gasteiger partial charge in [0.2, 0.25) is 5.91 Å². The first-order chi connectivity index (χ1) is 15.0. The van der Waals surface area contributed by atoms with E-state index in [0.29, 0.717) is 13.0 Å². The van der Waals surface area contributed by atoms with Crippen molar-refractivity contribution < 1.29 is 4.79 Å². The van der Waals surface area contributed by atoms with Crippen LogP contribution in [0, 0.1) is 0 Å². The fourth-order valence-electron chi connectivity index (χ4n) is 3.86. The van der Waals surface area contributed by atoms with Gasteiger partial charge in [-0.15, -0.1) is 0 Å². The number of hydrogen-bond acceptors (Lipinski definition) is 3. The van der Waals surface area contributed by atoms with E-state index in [0.717, 1.165) is 27.6 Å². The number of benzene rings is 2. The third-order valence-electron chi connectivity index (χ3n) is 5.77. The number of aromatic amines is 1. The molecular weight excluding hydrogens is 384 g/mol. The second kappa shape index (κ2) is 9.14. The Labute approximate surface area is 182 Å². The Kier molecular flexibility index (Phi) is 6.14. The number of aromatic nitrogens is 2. The molecule has 0 spiro atoms. The van der Waals surface area contributed by atoms with E-state index in [9.17, 15) is 4.79 Å². The van der Waals surface area contributed by atoms with Crippen molar-refractivity contribution in [2.24, 2.45) is 0 Å². The highest BCUT2D eigenvalue weighted by Crippen LogP contribution is 2.24. The van der Waals surface area contributed by atoms with Crippen molar-refractivity contribution in [3.63, 3.8) is 0 Å². The molecular formula is C26H28N4O. The smallest absolute Gasteiger partial charge is 0.240 e. The number of nitrogens with zero attached hydrogens (tertiary/aromatic N) is 1. The van der Waals surface area contributed by atoms with Crippen molar-refractivity contribution in [2.45, 2.75) is 38.4 Å². The second-order valence-electron chi connectivity index (χ2n) is 8.19. The summed E-state index contributed by atoms with van der Waals surface area (Å²) in [5, 5.41) is 7.85. The zero-order chi connectivity index (χ0) is 21.7. The molecule has 2 aromatic carbocycles. The van der Waals surface area contributed by atoms with Crippen LogP contribution in [0.1, 0.15) is 36.6 Å². The lowest BCUT2D eigenvalue weighted by Gasteiger charge is -2.31. The van der Waals surface area contributed by atoms with Crippen molar-refractivity contribution in [1.29, 1.82) is 0 Å². The van der Waals surface area contributed by atoms with Crippen molar-refractivity contribution >= 4 is 16.8 Å². The fourth-order valence-corrected chi connectivity index (χ4v) is 3.86. The van der Waals surface area contributed by atoms with E-state index < -0.39 is 5.54 Å². The molecule has 2 aromatic heterocycles. The van der Waals surface area contributed by atoms with E-state index in [-0.39, 0.29) is 11.9 Å². The molecule has 0 aliphatic carbocycles. The zero-order valence-electron chi connectivity index (χ0n) is 17.9. The Hall–Kier alpha value is -3.44. The summed E-state index contributed by atoms with van der Waals surface area (Å²) in [6, 6.07) is 22.0. The molecule has 1 amide bonds. The summed E-state index contributed by atoms with van der Waals surface area (Å²) >= 11 is 0. The Morgan fingerprint density at radius 3 is 2.61 bits per heavy atom. The summed E-state index contributed by atoms with van der Waals surface area (Å²) in [6.07, 6.45) is 6.14. The van der Waals surface area contributed by atoms with Crippen LogP contribution in [0.3, 0.4) is 0 Å². The average Bonchev–Trinajstić information content (AvgIpc) is 3.21. The largest absolute Gasteiger partial charge is 0.361 e. The molecule has 4 rings (SSSR count). The number of nitrogens with one attached hydrogen (secondary N) is 3. The maximum absolute atomic E-state index is 13.5. The first-order valence-corrected chi connectivity index (χ1v) is 10.6. The predicted molar refractivity (Wildman–Crippen MR) is 124 cm³/mol. The van der Waals surface area contributed by atoms with E-state index in [1.807, 2.05) is 80.8 Å². The lowest BCUT2D eigenvalue weighted by molar-refractivity contribution is -0.127. The lowest BCUT2D eigenvalue weighted by atomic mass is 9.90. The van der Waals surface area contributed by atoms with Gasteiger partial charge in [-0.3, -0.25) is 15.1 Å². The van der Waals surface area contributed by atoms with Crippen molar-refractivity contribution in [1.82, 2.24) is 20.6 Å².